The Kier molecular flexibility index (Phi) is 4.91. The largest absolute Gasteiger partial charge is 0.419 e. The van der Waals surface area contributed by atoms with Gasteiger partial charge in [0.1, 0.15) is 23.2 Å². The summed E-state index contributed by atoms with van der Waals surface area (Å²) in [4.78, 5) is 29.5. The minimum atomic E-state index is -5.04. The SMILES string of the molecule is Cc1nc(C(=O)N[C@H](C)c2cc(F)c(C(F)(F)F)cc2F)cc(=O)[nH]1. The maximum Gasteiger partial charge on any atom is 0.419 e. The molecule has 1 atom stereocenters. The number of carbonyl (C=O) groups is 1. The average Bonchev–Trinajstić information content (AvgIpc) is 2.46. The van der Waals surface area contributed by atoms with Crippen molar-refractivity contribution in [1.29, 1.82) is 0 Å². The highest BCUT2D eigenvalue weighted by atomic mass is 19.4. The third kappa shape index (κ3) is 4.20. The standard InChI is InChI=1S/C15H12F5N3O2/c1-6(21-14(25)12-5-13(24)23-7(2)22-12)8-3-11(17)9(4-10(8)16)15(18,19)20/h3-6H,1-2H3,(H,21,25)(H,22,23,24)/t6-/m1/s1. The number of rotatable bonds is 3. The Bertz CT molecular complexity index is 876. The predicted octanol–water partition coefficient (Wildman–Crippen LogP) is 2.87. The zero-order valence-electron chi connectivity index (χ0n) is 13.0. The number of halogens is 5. The van der Waals surface area contributed by atoms with E-state index in [1.54, 1.807) is 0 Å². The summed E-state index contributed by atoms with van der Waals surface area (Å²) in [5.41, 5.74) is -3.06. The summed E-state index contributed by atoms with van der Waals surface area (Å²) in [6.45, 7) is 2.69. The zero-order valence-corrected chi connectivity index (χ0v) is 13.0. The molecule has 5 nitrogen and oxygen atoms in total. The summed E-state index contributed by atoms with van der Waals surface area (Å²) < 4.78 is 65.2. The Hall–Kier alpha value is -2.78. The number of nitrogens with one attached hydrogen (secondary N) is 2. The molecule has 134 valence electrons. The van der Waals surface area contributed by atoms with E-state index < -0.39 is 46.4 Å². The Labute approximate surface area is 137 Å². The Balaban J connectivity index is 2.29. The molecule has 0 saturated carbocycles. The second-order valence-electron chi connectivity index (χ2n) is 5.26. The lowest BCUT2D eigenvalue weighted by molar-refractivity contribution is -0.140. The molecule has 10 heteroatoms. The zero-order chi connectivity index (χ0) is 18.9. The summed E-state index contributed by atoms with van der Waals surface area (Å²) >= 11 is 0. The molecule has 1 aromatic carbocycles. The van der Waals surface area contributed by atoms with Crippen LogP contribution in [0.25, 0.3) is 0 Å². The molecule has 0 aliphatic carbocycles. The smallest absolute Gasteiger partial charge is 0.344 e. The molecule has 0 aliphatic heterocycles. The van der Waals surface area contributed by atoms with Crippen molar-refractivity contribution >= 4 is 5.91 Å². The van der Waals surface area contributed by atoms with Crippen molar-refractivity contribution in [2.75, 3.05) is 0 Å². The van der Waals surface area contributed by atoms with Gasteiger partial charge >= 0.3 is 6.18 Å². The minimum absolute atomic E-state index is 0.0307. The number of hydrogen-bond donors (Lipinski definition) is 2. The van der Waals surface area contributed by atoms with Gasteiger partial charge in [-0.3, -0.25) is 9.59 Å². The van der Waals surface area contributed by atoms with Crippen LogP contribution in [0.5, 0.6) is 0 Å². The highest BCUT2D eigenvalue weighted by Crippen LogP contribution is 2.33. The number of amides is 1. The van der Waals surface area contributed by atoms with Gasteiger partial charge in [0.2, 0.25) is 0 Å². The van der Waals surface area contributed by atoms with Gasteiger partial charge in [0.05, 0.1) is 11.6 Å². The molecule has 1 amide bonds. The lowest BCUT2D eigenvalue weighted by Crippen LogP contribution is -2.30. The molecule has 2 aromatic rings. The monoisotopic (exact) mass is 361 g/mol. The Morgan fingerprint density at radius 2 is 1.84 bits per heavy atom. The van der Waals surface area contributed by atoms with Crippen LogP contribution in [0.4, 0.5) is 22.0 Å². The molecule has 0 saturated heterocycles. The van der Waals surface area contributed by atoms with E-state index in [-0.39, 0.29) is 17.6 Å². The summed E-state index contributed by atoms with van der Waals surface area (Å²) in [6, 6.07) is 0.145. The predicted molar refractivity (Wildman–Crippen MR) is 76.8 cm³/mol. The quantitative estimate of drug-likeness (QED) is 0.826. The molecule has 1 heterocycles. The van der Waals surface area contributed by atoms with Crippen LogP contribution in [-0.2, 0) is 6.18 Å². The van der Waals surface area contributed by atoms with Gasteiger partial charge in [-0.15, -0.1) is 0 Å². The van der Waals surface area contributed by atoms with Crippen molar-refractivity contribution in [2.45, 2.75) is 26.1 Å². The van der Waals surface area contributed by atoms with Gasteiger partial charge in [0, 0.05) is 11.6 Å². The van der Waals surface area contributed by atoms with E-state index in [0.717, 1.165) is 6.07 Å². The van der Waals surface area contributed by atoms with Crippen molar-refractivity contribution in [1.82, 2.24) is 15.3 Å². The molecule has 2 N–H and O–H groups in total. The number of carbonyl (C=O) groups excluding carboxylic acids is 1. The molecule has 0 spiro atoms. The summed E-state index contributed by atoms with van der Waals surface area (Å²) in [5, 5.41) is 2.25. The van der Waals surface area contributed by atoms with Crippen molar-refractivity contribution in [3.8, 4) is 0 Å². The van der Waals surface area contributed by atoms with Crippen LogP contribution in [0.3, 0.4) is 0 Å². The first-order valence-electron chi connectivity index (χ1n) is 6.94. The molecule has 0 fully saturated rings. The van der Waals surface area contributed by atoms with Crippen LogP contribution < -0.4 is 10.9 Å². The topological polar surface area (TPSA) is 74.8 Å². The highest BCUT2D eigenvalue weighted by Gasteiger charge is 2.35. The van der Waals surface area contributed by atoms with Crippen molar-refractivity contribution in [2.24, 2.45) is 0 Å². The van der Waals surface area contributed by atoms with Crippen molar-refractivity contribution < 1.29 is 26.7 Å². The van der Waals surface area contributed by atoms with Gasteiger partial charge in [0.25, 0.3) is 11.5 Å². The van der Waals surface area contributed by atoms with Crippen LogP contribution in [0, 0.1) is 18.6 Å². The molecule has 2 rings (SSSR count). The van der Waals surface area contributed by atoms with E-state index in [4.69, 9.17) is 0 Å². The van der Waals surface area contributed by atoms with Crippen LogP contribution >= 0.6 is 0 Å². The number of aromatic nitrogens is 2. The van der Waals surface area contributed by atoms with Crippen LogP contribution in [-0.4, -0.2) is 15.9 Å². The molecule has 0 unspecified atom stereocenters. The fraction of sp³-hybridized carbons (Fsp3) is 0.267. The van der Waals surface area contributed by atoms with Gasteiger partial charge < -0.3 is 10.3 Å². The highest BCUT2D eigenvalue weighted by molar-refractivity contribution is 5.92. The number of nitrogens with zero attached hydrogens (tertiary/aromatic N) is 1. The van der Waals surface area contributed by atoms with Crippen molar-refractivity contribution in [3.63, 3.8) is 0 Å². The number of aryl methyl sites for hydroxylation is 1. The lowest BCUT2D eigenvalue weighted by atomic mass is 10.0. The van der Waals surface area contributed by atoms with Gasteiger partial charge in [-0.25, -0.2) is 13.8 Å². The molecule has 1 aromatic heterocycles. The van der Waals surface area contributed by atoms with E-state index in [1.165, 1.54) is 13.8 Å². The molecule has 0 radical (unpaired) electrons. The Morgan fingerprint density at radius 3 is 2.40 bits per heavy atom. The average molecular weight is 361 g/mol. The number of H-pyrrole nitrogens is 1. The van der Waals surface area contributed by atoms with Crippen molar-refractivity contribution in [3.05, 3.63) is 62.8 Å². The van der Waals surface area contributed by atoms with Gasteiger partial charge in [0.15, 0.2) is 0 Å². The number of hydrogen-bond acceptors (Lipinski definition) is 3. The lowest BCUT2D eigenvalue weighted by Gasteiger charge is -2.17. The first-order valence-corrected chi connectivity index (χ1v) is 6.94. The van der Waals surface area contributed by atoms with Crippen LogP contribution in [0.2, 0.25) is 0 Å². The van der Waals surface area contributed by atoms with Gasteiger partial charge in [-0.1, -0.05) is 0 Å². The Morgan fingerprint density at radius 1 is 1.20 bits per heavy atom. The first kappa shape index (κ1) is 18.6. The molecular formula is C15H12F5N3O2. The van der Waals surface area contributed by atoms with E-state index in [0.29, 0.717) is 6.07 Å². The normalized spacial score (nSPS) is 12.8. The van der Waals surface area contributed by atoms with Gasteiger partial charge in [-0.05, 0) is 26.0 Å². The number of benzene rings is 1. The minimum Gasteiger partial charge on any atom is -0.344 e. The maximum atomic E-state index is 13.9. The van der Waals surface area contributed by atoms with Crippen LogP contribution in [0.15, 0.2) is 23.0 Å². The number of alkyl halides is 3. The third-order valence-electron chi connectivity index (χ3n) is 3.30. The summed E-state index contributed by atoms with van der Waals surface area (Å²) in [6.07, 6.45) is -5.04. The maximum absolute atomic E-state index is 13.9. The van der Waals surface area contributed by atoms with E-state index in [9.17, 15) is 31.5 Å². The molecule has 0 bridgehead atoms. The fourth-order valence-electron chi connectivity index (χ4n) is 2.16. The van der Waals surface area contributed by atoms with E-state index in [2.05, 4.69) is 15.3 Å². The molecular weight excluding hydrogens is 349 g/mol. The molecule has 0 aliphatic rings. The second kappa shape index (κ2) is 6.61. The third-order valence-corrected chi connectivity index (χ3v) is 3.30. The fourth-order valence-corrected chi connectivity index (χ4v) is 2.16. The second-order valence-corrected chi connectivity index (χ2v) is 5.26. The van der Waals surface area contributed by atoms with Gasteiger partial charge in [-0.2, -0.15) is 13.2 Å². The number of aromatic amines is 1. The van der Waals surface area contributed by atoms with Crippen LogP contribution in [0.1, 0.15) is 40.4 Å². The molecule has 25 heavy (non-hydrogen) atoms. The first-order chi connectivity index (χ1) is 11.5. The van der Waals surface area contributed by atoms with E-state index >= 15 is 0 Å². The summed E-state index contributed by atoms with van der Waals surface area (Å²) in [5.74, 6) is -3.68. The summed E-state index contributed by atoms with van der Waals surface area (Å²) in [7, 11) is 0. The van der Waals surface area contributed by atoms with E-state index in [1.807, 2.05) is 0 Å².